The maximum atomic E-state index is 6.24. The van der Waals surface area contributed by atoms with Crippen molar-refractivity contribution in [3.8, 4) is 73.1 Å². The van der Waals surface area contributed by atoms with Crippen molar-refractivity contribution in [1.29, 1.82) is 0 Å². The Kier molecular flexibility index (Phi) is 12.5. The molecule has 0 atom stereocenters. The molecular formula is C98H59N5O3. The van der Waals surface area contributed by atoms with Crippen LogP contribution in [0.25, 0.3) is 216 Å². The van der Waals surface area contributed by atoms with Crippen LogP contribution in [0.4, 0.5) is 0 Å². The number of rotatable bonds is 9. The highest BCUT2D eigenvalue weighted by molar-refractivity contribution is 6.14. The lowest BCUT2D eigenvalue weighted by atomic mass is 9.90. The molecule has 8 heteroatoms. The van der Waals surface area contributed by atoms with E-state index >= 15 is 0 Å². The molecule has 0 saturated carbocycles. The highest BCUT2D eigenvalue weighted by Crippen LogP contribution is 2.45. The largest absolute Gasteiger partial charge is 0.456 e. The minimum Gasteiger partial charge on any atom is -0.456 e. The normalized spacial score (nSPS) is 12.7. The summed E-state index contributed by atoms with van der Waals surface area (Å²) in [5.41, 5.74) is 29.9. The number of furan rings is 3. The average molecular weight is 1350 g/mol. The first-order chi connectivity index (χ1) is 52.5. The zero-order valence-electron chi connectivity index (χ0n) is 57.1. The van der Waals surface area contributed by atoms with E-state index in [1.165, 1.54) is 54.8 Å². The lowest BCUT2D eigenvalue weighted by molar-refractivity contribution is 0.668. The van der Waals surface area contributed by atoms with Crippen LogP contribution in [0.5, 0.6) is 0 Å². The predicted octanol–water partition coefficient (Wildman–Crippen LogP) is 26.3. The van der Waals surface area contributed by atoms with E-state index in [9.17, 15) is 0 Å². The second kappa shape index (κ2) is 22.7. The molecule has 0 spiro atoms. The smallest absolute Gasteiger partial charge is 0.160 e. The Bertz CT molecular complexity index is 7520. The van der Waals surface area contributed by atoms with Crippen molar-refractivity contribution in [3.05, 3.63) is 344 Å². The van der Waals surface area contributed by atoms with Gasteiger partial charge in [-0.05, 0) is 221 Å². The van der Waals surface area contributed by atoms with Crippen molar-refractivity contribution in [1.82, 2.24) is 23.7 Å². The Labute approximate surface area is 606 Å². The highest BCUT2D eigenvalue weighted by Gasteiger charge is 2.25. The molecule has 0 aliphatic heterocycles. The van der Waals surface area contributed by atoms with Crippen LogP contribution < -0.4 is 0 Å². The maximum Gasteiger partial charge on any atom is 0.160 e. The number of benzene rings is 15. The highest BCUT2D eigenvalue weighted by atomic mass is 16.3. The van der Waals surface area contributed by atoms with E-state index < -0.39 is 0 Å². The van der Waals surface area contributed by atoms with Gasteiger partial charge in [0.2, 0.25) is 0 Å². The number of hydrogen-bond donors (Lipinski definition) is 0. The first-order valence-electron chi connectivity index (χ1n) is 36.3. The third-order valence-electron chi connectivity index (χ3n) is 22.4. The Morgan fingerprint density at radius 1 is 0.236 bits per heavy atom. The summed E-state index contributed by atoms with van der Waals surface area (Å²) < 4.78 is 26.0. The molecule has 7 heterocycles. The summed E-state index contributed by atoms with van der Waals surface area (Å²) in [6.07, 6.45) is 4.24. The molecule has 22 aromatic rings. The number of hydrogen-bond acceptors (Lipinski definition) is 5. The van der Waals surface area contributed by atoms with Gasteiger partial charge in [-0.3, -0.25) is 0 Å². The van der Waals surface area contributed by atoms with Gasteiger partial charge in [0.15, 0.2) is 5.82 Å². The molecular weight excluding hydrogens is 1300 g/mol. The minimum absolute atomic E-state index is 0.658. The van der Waals surface area contributed by atoms with E-state index in [0.29, 0.717) is 5.82 Å². The molecule has 1 aliphatic rings. The molecule has 0 saturated heterocycles. The third kappa shape index (κ3) is 9.01. The van der Waals surface area contributed by atoms with Gasteiger partial charge < -0.3 is 27.0 Å². The van der Waals surface area contributed by atoms with Gasteiger partial charge in [-0.25, -0.2) is 9.97 Å². The quantitative estimate of drug-likeness (QED) is 0.144. The van der Waals surface area contributed by atoms with Crippen molar-refractivity contribution in [2.45, 2.75) is 12.8 Å². The van der Waals surface area contributed by atoms with E-state index in [1.807, 2.05) is 36.4 Å². The van der Waals surface area contributed by atoms with Crippen molar-refractivity contribution in [2.75, 3.05) is 0 Å². The molecule has 106 heavy (non-hydrogen) atoms. The average Bonchev–Trinajstić information content (AvgIpc) is 1.47. The Balaban J connectivity index is 0.632. The Hall–Kier alpha value is -14.1. The first kappa shape index (κ1) is 58.6. The van der Waals surface area contributed by atoms with Gasteiger partial charge in [0.1, 0.15) is 33.5 Å². The van der Waals surface area contributed by atoms with Gasteiger partial charge in [0.05, 0.1) is 38.8 Å². The predicted molar refractivity (Wildman–Crippen MR) is 437 cm³/mol. The fraction of sp³-hybridized carbons (Fsp3) is 0.0204. The molecule has 23 rings (SSSR count). The topological polar surface area (TPSA) is 80.0 Å². The molecule has 8 nitrogen and oxygen atoms in total. The SMILES string of the molecule is C1=C(c2ccc3oc4ccccc4c3c2)CCc2c1c1ccccc1n2-c1ccc(-c2nc(-c3ccc(-n4c5ccccc5c5cc(-c6ccc7oc8ccccc8c7c6)ccc54)cc3)c3cc(-c4cccc(-n5c6ccccc6c6cc(-c7ccc8oc9ccccc9c8c7)ccc65)c4)ccc3n2)cc1. The number of allylic oxidation sites excluding steroid dienone is 1. The molecule has 0 N–H and O–H groups in total. The number of para-hydroxylation sites is 6. The van der Waals surface area contributed by atoms with Gasteiger partial charge in [-0.15, -0.1) is 0 Å². The lowest BCUT2D eigenvalue weighted by Gasteiger charge is -2.18. The molecule has 15 aromatic carbocycles. The molecule has 0 fully saturated rings. The van der Waals surface area contributed by atoms with Gasteiger partial charge in [-0.1, -0.05) is 170 Å². The summed E-state index contributed by atoms with van der Waals surface area (Å²) in [7, 11) is 0. The zero-order chi connectivity index (χ0) is 69.2. The summed E-state index contributed by atoms with van der Waals surface area (Å²) in [5, 5.41) is 13.7. The van der Waals surface area contributed by atoms with Crippen LogP contribution in [-0.4, -0.2) is 23.7 Å². The van der Waals surface area contributed by atoms with Crippen LogP contribution >= 0.6 is 0 Å². The second-order valence-corrected chi connectivity index (χ2v) is 28.3. The lowest BCUT2D eigenvalue weighted by Crippen LogP contribution is -2.05. The number of aromatic nitrogens is 5. The van der Waals surface area contributed by atoms with Crippen molar-refractivity contribution < 1.29 is 13.3 Å². The van der Waals surface area contributed by atoms with Gasteiger partial charge >= 0.3 is 0 Å². The number of nitrogens with zero attached hydrogens (tertiary/aromatic N) is 5. The van der Waals surface area contributed by atoms with E-state index in [4.69, 9.17) is 23.2 Å². The summed E-state index contributed by atoms with van der Waals surface area (Å²) >= 11 is 0. The van der Waals surface area contributed by atoms with E-state index in [-0.39, 0.29) is 0 Å². The third-order valence-corrected chi connectivity index (χ3v) is 22.4. The van der Waals surface area contributed by atoms with Crippen molar-refractivity contribution >= 4 is 143 Å². The van der Waals surface area contributed by atoms with Gasteiger partial charge in [-0.2, -0.15) is 0 Å². The standard InChI is InChI=1S/C98H59N5O3/c1-7-22-85-71(16-1)77-51-62(65-36-47-94-80(54-65)74-19-4-10-25-91(74)104-94)33-44-88(77)101(85)68-39-28-58(29-40-68)97-83-57-61(60-14-13-15-70(50-60)103-87-24-9-3-18-73(87)79-53-64(35-46-90(79)103)67-38-49-96-82(56-67)76-21-6-12-27-93(76)106-96)32-43-84(83)99-98(100-97)59-30-41-69(42-31-59)102-86-23-8-2-17-72(86)78-52-63(34-45-89(78)102)66-37-48-95-81(55-66)75-20-5-11-26-92(75)105-95/h1-33,35-44,46-57H,34,45H2. The molecule has 1 aliphatic carbocycles. The molecule has 0 unspecified atom stereocenters. The van der Waals surface area contributed by atoms with Crippen LogP contribution in [0, 0.1) is 0 Å². The Morgan fingerprint density at radius 2 is 0.632 bits per heavy atom. The first-order valence-corrected chi connectivity index (χ1v) is 36.3. The summed E-state index contributed by atoms with van der Waals surface area (Å²) in [4.78, 5) is 11.1. The van der Waals surface area contributed by atoms with Crippen LogP contribution in [0.3, 0.4) is 0 Å². The molecule has 0 bridgehead atoms. The minimum atomic E-state index is 0.658. The molecule has 494 valence electrons. The van der Waals surface area contributed by atoms with Gasteiger partial charge in [0, 0.05) is 104 Å². The van der Waals surface area contributed by atoms with E-state index in [1.54, 1.807) is 0 Å². The van der Waals surface area contributed by atoms with Gasteiger partial charge in [0.25, 0.3) is 0 Å². The Morgan fingerprint density at radius 3 is 1.20 bits per heavy atom. The summed E-state index contributed by atoms with van der Waals surface area (Å²) in [6.45, 7) is 0. The molecule has 0 radical (unpaired) electrons. The fourth-order valence-electron chi connectivity index (χ4n) is 17.4. The molecule has 7 aromatic heterocycles. The van der Waals surface area contributed by atoms with E-state index in [0.717, 1.165) is 179 Å². The molecule has 0 amide bonds. The van der Waals surface area contributed by atoms with Crippen molar-refractivity contribution in [3.63, 3.8) is 0 Å². The van der Waals surface area contributed by atoms with Crippen LogP contribution in [0.1, 0.15) is 23.2 Å². The monoisotopic (exact) mass is 1350 g/mol. The summed E-state index contributed by atoms with van der Waals surface area (Å²) in [5.74, 6) is 0.658. The zero-order valence-corrected chi connectivity index (χ0v) is 57.1. The van der Waals surface area contributed by atoms with Crippen LogP contribution in [0.15, 0.2) is 341 Å². The fourth-order valence-corrected chi connectivity index (χ4v) is 17.4. The van der Waals surface area contributed by atoms with Crippen molar-refractivity contribution in [2.24, 2.45) is 0 Å². The second-order valence-electron chi connectivity index (χ2n) is 28.3. The summed E-state index contributed by atoms with van der Waals surface area (Å²) in [6, 6.07) is 118. The van der Waals surface area contributed by atoms with Crippen LogP contribution in [-0.2, 0) is 6.42 Å². The van der Waals surface area contributed by atoms with Crippen LogP contribution in [0.2, 0.25) is 0 Å². The number of fused-ring (bicyclic) bond motifs is 19. The van der Waals surface area contributed by atoms with E-state index in [2.05, 4.69) is 311 Å². The maximum absolute atomic E-state index is 6.24.